The highest BCUT2D eigenvalue weighted by molar-refractivity contribution is 5.94. The monoisotopic (exact) mass is 427 g/mol. The van der Waals surface area contributed by atoms with Crippen molar-refractivity contribution in [2.75, 3.05) is 19.8 Å². The Kier molecular flexibility index (Phi) is 9.35. The number of rotatable bonds is 12. The number of unbranched alkanes of at least 4 members (excludes halogenated alkanes) is 4. The van der Waals surface area contributed by atoms with Gasteiger partial charge in [-0.1, -0.05) is 44.7 Å². The highest BCUT2D eigenvalue weighted by Crippen LogP contribution is 2.19. The van der Waals surface area contributed by atoms with Crippen molar-refractivity contribution in [1.29, 1.82) is 0 Å². The topological polar surface area (TPSA) is 38.8 Å². The second kappa shape index (κ2) is 12.5. The Bertz CT molecular complexity index is 785. The Hall–Kier alpha value is -2.40. The molecular weight excluding hydrogens is 393 g/mol. The first kappa shape index (κ1) is 23.3. The van der Waals surface area contributed by atoms with Crippen LogP contribution in [-0.4, -0.2) is 36.7 Å². The van der Waals surface area contributed by atoms with Crippen molar-refractivity contribution in [3.63, 3.8) is 0 Å². The largest absolute Gasteiger partial charge is 0.494 e. The fourth-order valence-electron chi connectivity index (χ4n) is 3.84. The molecule has 1 saturated heterocycles. The number of carbonyl (C=O) groups excluding carboxylic acids is 1. The zero-order valence-corrected chi connectivity index (χ0v) is 18.5. The molecule has 0 saturated carbocycles. The number of hydrogen-bond acceptors (Lipinski definition) is 3. The lowest BCUT2D eigenvalue weighted by atomic mass is 10.1. The number of halogens is 1. The molecule has 1 atom stereocenters. The average molecular weight is 428 g/mol. The number of benzene rings is 2. The van der Waals surface area contributed by atoms with Crippen molar-refractivity contribution in [2.45, 2.75) is 64.5 Å². The van der Waals surface area contributed by atoms with E-state index in [1.807, 2.05) is 24.3 Å². The molecule has 1 amide bonds. The molecule has 0 radical (unpaired) electrons. The molecule has 1 heterocycles. The van der Waals surface area contributed by atoms with Crippen molar-refractivity contribution >= 4 is 5.91 Å². The summed E-state index contributed by atoms with van der Waals surface area (Å²) in [4.78, 5) is 15.0. The van der Waals surface area contributed by atoms with Crippen LogP contribution in [0, 0.1) is 5.82 Å². The minimum absolute atomic E-state index is 0.0501. The lowest BCUT2D eigenvalue weighted by Crippen LogP contribution is -2.37. The molecule has 31 heavy (non-hydrogen) atoms. The van der Waals surface area contributed by atoms with Gasteiger partial charge in [-0.3, -0.25) is 4.79 Å². The van der Waals surface area contributed by atoms with Crippen LogP contribution in [0.3, 0.4) is 0 Å². The maximum Gasteiger partial charge on any atom is 0.254 e. The molecule has 0 bridgehead atoms. The third-order valence-corrected chi connectivity index (χ3v) is 5.64. The Morgan fingerprint density at radius 2 is 1.81 bits per heavy atom. The predicted octanol–water partition coefficient (Wildman–Crippen LogP) is 6.00. The number of ether oxygens (including phenoxy) is 2. The summed E-state index contributed by atoms with van der Waals surface area (Å²) in [6.45, 7) is 4.61. The van der Waals surface area contributed by atoms with Gasteiger partial charge in [0.2, 0.25) is 0 Å². The van der Waals surface area contributed by atoms with Gasteiger partial charge < -0.3 is 14.4 Å². The molecule has 5 heteroatoms. The van der Waals surface area contributed by atoms with Crippen LogP contribution in [-0.2, 0) is 11.3 Å². The number of carbonyl (C=O) groups is 1. The van der Waals surface area contributed by atoms with Crippen LogP contribution in [0.5, 0.6) is 5.75 Å². The van der Waals surface area contributed by atoms with Gasteiger partial charge in [-0.05, 0) is 61.2 Å². The quantitative estimate of drug-likeness (QED) is 0.390. The van der Waals surface area contributed by atoms with Gasteiger partial charge >= 0.3 is 0 Å². The summed E-state index contributed by atoms with van der Waals surface area (Å²) in [5.41, 5.74) is 1.52. The predicted molar refractivity (Wildman–Crippen MR) is 121 cm³/mol. The standard InChI is InChI=1S/C26H34FNO3/c1-2-3-4-5-6-17-30-24-15-11-22(12-16-24)26(29)28(20-25-8-7-18-31-25)19-21-9-13-23(27)14-10-21/h9-16,25H,2-8,17-20H2,1H3. The summed E-state index contributed by atoms with van der Waals surface area (Å²) in [6.07, 6.45) is 8.03. The third kappa shape index (κ3) is 7.66. The van der Waals surface area contributed by atoms with Gasteiger partial charge in [0.15, 0.2) is 0 Å². The molecule has 0 spiro atoms. The van der Waals surface area contributed by atoms with E-state index in [1.165, 1.54) is 37.8 Å². The normalized spacial score (nSPS) is 15.7. The molecule has 1 aliphatic heterocycles. The SMILES string of the molecule is CCCCCCCOc1ccc(C(=O)N(Cc2ccc(F)cc2)CC2CCCO2)cc1. The molecular formula is C26H34FNO3. The lowest BCUT2D eigenvalue weighted by molar-refractivity contribution is 0.0507. The van der Waals surface area contributed by atoms with E-state index in [0.29, 0.717) is 25.3 Å². The highest BCUT2D eigenvalue weighted by atomic mass is 19.1. The minimum atomic E-state index is -0.276. The van der Waals surface area contributed by atoms with Gasteiger partial charge in [0.25, 0.3) is 5.91 Å². The molecule has 0 N–H and O–H groups in total. The van der Waals surface area contributed by atoms with Crippen LogP contribution in [0.4, 0.5) is 4.39 Å². The van der Waals surface area contributed by atoms with E-state index >= 15 is 0 Å². The van der Waals surface area contributed by atoms with Crippen molar-refractivity contribution in [3.8, 4) is 5.75 Å². The molecule has 2 aromatic carbocycles. The molecule has 0 aliphatic carbocycles. The summed E-state index contributed by atoms with van der Waals surface area (Å²) in [5, 5.41) is 0. The lowest BCUT2D eigenvalue weighted by Gasteiger charge is -2.26. The zero-order chi connectivity index (χ0) is 21.9. The first-order valence-electron chi connectivity index (χ1n) is 11.5. The summed E-state index contributed by atoms with van der Waals surface area (Å²) in [5.74, 6) is 0.462. The fraction of sp³-hybridized carbons (Fsp3) is 0.500. The van der Waals surface area contributed by atoms with Crippen LogP contribution in [0.2, 0.25) is 0 Å². The summed E-state index contributed by atoms with van der Waals surface area (Å²) < 4.78 is 24.8. The van der Waals surface area contributed by atoms with Gasteiger partial charge in [0, 0.05) is 25.3 Å². The molecule has 168 valence electrons. The molecule has 1 aliphatic rings. The number of amides is 1. The van der Waals surface area contributed by atoms with Crippen LogP contribution in [0.1, 0.15) is 67.8 Å². The minimum Gasteiger partial charge on any atom is -0.494 e. The molecule has 0 aromatic heterocycles. The first-order chi connectivity index (χ1) is 15.2. The summed E-state index contributed by atoms with van der Waals surface area (Å²) in [6, 6.07) is 13.7. The Morgan fingerprint density at radius 3 is 2.48 bits per heavy atom. The van der Waals surface area contributed by atoms with E-state index in [4.69, 9.17) is 9.47 Å². The van der Waals surface area contributed by atoms with E-state index in [0.717, 1.165) is 37.2 Å². The van der Waals surface area contributed by atoms with Crippen molar-refractivity contribution < 1.29 is 18.7 Å². The smallest absolute Gasteiger partial charge is 0.254 e. The van der Waals surface area contributed by atoms with E-state index in [2.05, 4.69) is 6.92 Å². The van der Waals surface area contributed by atoms with Gasteiger partial charge in [-0.25, -0.2) is 4.39 Å². The van der Waals surface area contributed by atoms with Gasteiger partial charge in [0.05, 0.1) is 12.7 Å². The molecule has 4 nitrogen and oxygen atoms in total. The van der Waals surface area contributed by atoms with Gasteiger partial charge in [-0.15, -0.1) is 0 Å². The van der Waals surface area contributed by atoms with Crippen molar-refractivity contribution in [1.82, 2.24) is 4.90 Å². The van der Waals surface area contributed by atoms with Crippen molar-refractivity contribution in [2.24, 2.45) is 0 Å². The molecule has 1 fully saturated rings. The van der Waals surface area contributed by atoms with Crippen molar-refractivity contribution in [3.05, 3.63) is 65.5 Å². The average Bonchev–Trinajstić information content (AvgIpc) is 3.30. The molecule has 3 rings (SSSR count). The highest BCUT2D eigenvalue weighted by Gasteiger charge is 2.23. The van der Waals surface area contributed by atoms with Gasteiger partial charge in [-0.2, -0.15) is 0 Å². The molecule has 2 aromatic rings. The second-order valence-corrected chi connectivity index (χ2v) is 8.23. The zero-order valence-electron chi connectivity index (χ0n) is 18.5. The second-order valence-electron chi connectivity index (χ2n) is 8.23. The number of hydrogen-bond donors (Lipinski definition) is 0. The number of nitrogens with zero attached hydrogens (tertiary/aromatic N) is 1. The van der Waals surface area contributed by atoms with Crippen LogP contribution in [0.15, 0.2) is 48.5 Å². The Labute approximate surface area is 185 Å². The Balaban J connectivity index is 1.59. The van der Waals surface area contributed by atoms with Crippen LogP contribution >= 0.6 is 0 Å². The van der Waals surface area contributed by atoms with E-state index in [1.54, 1.807) is 17.0 Å². The molecule has 1 unspecified atom stereocenters. The Morgan fingerprint density at radius 1 is 1.06 bits per heavy atom. The first-order valence-corrected chi connectivity index (χ1v) is 11.5. The van der Waals surface area contributed by atoms with Crippen LogP contribution in [0.25, 0.3) is 0 Å². The van der Waals surface area contributed by atoms with Crippen LogP contribution < -0.4 is 4.74 Å². The summed E-state index contributed by atoms with van der Waals surface area (Å²) >= 11 is 0. The van der Waals surface area contributed by atoms with Gasteiger partial charge in [0.1, 0.15) is 11.6 Å². The summed E-state index contributed by atoms with van der Waals surface area (Å²) in [7, 11) is 0. The maximum atomic E-state index is 13.3. The third-order valence-electron chi connectivity index (χ3n) is 5.64. The fourth-order valence-corrected chi connectivity index (χ4v) is 3.84. The maximum absolute atomic E-state index is 13.3. The van der Waals surface area contributed by atoms with E-state index in [-0.39, 0.29) is 17.8 Å². The van der Waals surface area contributed by atoms with E-state index in [9.17, 15) is 9.18 Å². The van der Waals surface area contributed by atoms with E-state index < -0.39 is 0 Å².